The first-order valence-corrected chi connectivity index (χ1v) is 11.5. The van der Waals surface area contributed by atoms with Gasteiger partial charge in [-0.3, -0.25) is 14.0 Å². The molecule has 0 atom stereocenters. The van der Waals surface area contributed by atoms with Crippen molar-refractivity contribution in [1.29, 1.82) is 0 Å². The molecule has 0 aliphatic rings. The second-order valence-electron chi connectivity index (χ2n) is 7.51. The number of ether oxygens (including phenoxy) is 1. The van der Waals surface area contributed by atoms with Crippen LogP contribution in [0.25, 0.3) is 5.69 Å². The third-order valence-corrected chi connectivity index (χ3v) is 6.31. The number of aryl methyl sites for hydroxylation is 1. The smallest absolute Gasteiger partial charge is 0.230 e. The Bertz CT molecular complexity index is 1230. The highest BCUT2D eigenvalue weighted by Crippen LogP contribution is 2.26. The Kier molecular flexibility index (Phi) is 7.09. The van der Waals surface area contributed by atoms with E-state index in [1.54, 1.807) is 13.4 Å². The minimum Gasteiger partial charge on any atom is -0.495 e. The molecule has 0 saturated heterocycles. The van der Waals surface area contributed by atoms with Crippen molar-refractivity contribution in [1.82, 2.24) is 29.9 Å². The fraction of sp³-hybridized carbons (Fsp3) is 0.250. The first kappa shape index (κ1) is 22.6. The van der Waals surface area contributed by atoms with E-state index in [1.807, 2.05) is 65.6 Å². The predicted octanol–water partition coefficient (Wildman–Crippen LogP) is 3.55. The van der Waals surface area contributed by atoms with Gasteiger partial charge in [-0.25, -0.2) is 0 Å². The summed E-state index contributed by atoms with van der Waals surface area (Å²) in [6.45, 7) is 5.15. The fourth-order valence-electron chi connectivity index (χ4n) is 3.59. The van der Waals surface area contributed by atoms with Crippen LogP contribution >= 0.6 is 11.8 Å². The van der Waals surface area contributed by atoms with Crippen LogP contribution in [-0.2, 0) is 17.9 Å². The highest BCUT2D eigenvalue weighted by Gasteiger charge is 2.15. The Morgan fingerprint density at radius 3 is 2.64 bits per heavy atom. The molecule has 2 heterocycles. The zero-order valence-electron chi connectivity index (χ0n) is 18.9. The zero-order chi connectivity index (χ0) is 23.2. The Hall–Kier alpha value is -3.59. The van der Waals surface area contributed by atoms with Gasteiger partial charge in [0.05, 0.1) is 30.8 Å². The number of nitrogens with one attached hydrogen (secondary N) is 1. The van der Waals surface area contributed by atoms with Gasteiger partial charge in [-0.05, 0) is 31.5 Å². The number of nitrogens with zero attached hydrogens (tertiary/aromatic N) is 5. The number of hydrogen-bond acceptors (Lipinski definition) is 6. The maximum Gasteiger partial charge on any atom is 0.230 e. The van der Waals surface area contributed by atoms with Crippen LogP contribution in [0, 0.1) is 13.8 Å². The number of hydrogen-bond donors (Lipinski definition) is 1. The van der Waals surface area contributed by atoms with Crippen LogP contribution in [0.2, 0.25) is 0 Å². The first-order valence-electron chi connectivity index (χ1n) is 10.6. The summed E-state index contributed by atoms with van der Waals surface area (Å²) in [4.78, 5) is 12.6. The van der Waals surface area contributed by atoms with E-state index in [0.29, 0.717) is 24.0 Å². The molecule has 0 aliphatic heterocycles. The highest BCUT2D eigenvalue weighted by atomic mass is 32.2. The van der Waals surface area contributed by atoms with Gasteiger partial charge in [-0.2, -0.15) is 5.10 Å². The van der Waals surface area contributed by atoms with Gasteiger partial charge >= 0.3 is 0 Å². The molecule has 0 spiro atoms. The van der Waals surface area contributed by atoms with Crippen LogP contribution in [0.1, 0.15) is 22.5 Å². The number of methoxy groups -OCH3 is 1. The lowest BCUT2D eigenvalue weighted by Crippen LogP contribution is -2.25. The topological polar surface area (TPSA) is 86.9 Å². The molecule has 1 amide bonds. The molecule has 0 saturated carbocycles. The Morgan fingerprint density at radius 1 is 1.09 bits per heavy atom. The third kappa shape index (κ3) is 5.25. The van der Waals surface area contributed by atoms with E-state index in [-0.39, 0.29) is 11.7 Å². The molecule has 8 nitrogen and oxygen atoms in total. The van der Waals surface area contributed by atoms with Crippen molar-refractivity contribution >= 4 is 17.7 Å². The van der Waals surface area contributed by atoms with Gasteiger partial charge in [-0.1, -0.05) is 54.2 Å². The van der Waals surface area contributed by atoms with Crippen molar-refractivity contribution in [3.05, 3.63) is 83.4 Å². The Balaban J connectivity index is 1.36. The number of para-hydroxylation sites is 2. The molecular formula is C24H26N6O2S. The van der Waals surface area contributed by atoms with Crippen molar-refractivity contribution in [2.45, 2.75) is 32.1 Å². The van der Waals surface area contributed by atoms with Gasteiger partial charge < -0.3 is 10.1 Å². The quantitative estimate of drug-likeness (QED) is 0.383. The minimum atomic E-state index is -0.0795. The van der Waals surface area contributed by atoms with Crippen LogP contribution in [0.5, 0.6) is 5.75 Å². The number of aromatic nitrogens is 5. The second kappa shape index (κ2) is 10.4. The van der Waals surface area contributed by atoms with E-state index in [0.717, 1.165) is 22.6 Å². The Morgan fingerprint density at radius 2 is 1.85 bits per heavy atom. The molecule has 2 aromatic heterocycles. The summed E-state index contributed by atoms with van der Waals surface area (Å²) in [5.41, 5.74) is 5.04. The summed E-state index contributed by atoms with van der Waals surface area (Å²) in [5.74, 6) is 0.857. The maximum absolute atomic E-state index is 12.6. The lowest BCUT2D eigenvalue weighted by atomic mass is 10.2. The van der Waals surface area contributed by atoms with E-state index in [9.17, 15) is 4.79 Å². The molecule has 33 heavy (non-hydrogen) atoms. The van der Waals surface area contributed by atoms with Crippen LogP contribution in [0.15, 0.2) is 66.1 Å². The van der Waals surface area contributed by atoms with Gasteiger partial charge in [0, 0.05) is 17.8 Å². The van der Waals surface area contributed by atoms with Gasteiger partial charge in [0.25, 0.3) is 0 Å². The normalized spacial score (nSPS) is 10.9. The molecular weight excluding hydrogens is 436 g/mol. The standard InChI is InChI=1S/C24H26N6O2S/c1-17-20(18(2)30(28-17)14-19-9-5-4-6-10-19)13-25-23(31)15-33-24-27-26-16-29(24)21-11-7-8-12-22(21)32-3/h4-12,16H,13-15H2,1-3H3,(H,25,31). The molecule has 4 rings (SSSR count). The summed E-state index contributed by atoms with van der Waals surface area (Å²) in [6, 6.07) is 17.8. The first-order chi connectivity index (χ1) is 16.1. The average Bonchev–Trinajstić information content (AvgIpc) is 3.41. The van der Waals surface area contributed by atoms with E-state index >= 15 is 0 Å². The Labute approximate surface area is 197 Å². The number of carbonyl (C=O) groups is 1. The van der Waals surface area contributed by atoms with E-state index in [1.165, 1.54) is 17.3 Å². The van der Waals surface area contributed by atoms with Gasteiger partial charge in [-0.15, -0.1) is 10.2 Å². The summed E-state index contributed by atoms with van der Waals surface area (Å²) in [7, 11) is 1.62. The number of carbonyl (C=O) groups excluding carboxylic acids is 1. The largest absolute Gasteiger partial charge is 0.495 e. The summed E-state index contributed by atoms with van der Waals surface area (Å²) < 4.78 is 9.23. The van der Waals surface area contributed by atoms with Crippen molar-refractivity contribution in [2.24, 2.45) is 0 Å². The third-order valence-electron chi connectivity index (χ3n) is 5.36. The SMILES string of the molecule is COc1ccccc1-n1cnnc1SCC(=O)NCc1c(C)nn(Cc2ccccc2)c1C. The molecule has 1 N–H and O–H groups in total. The summed E-state index contributed by atoms with van der Waals surface area (Å²) in [5, 5.41) is 16.4. The number of benzene rings is 2. The average molecular weight is 463 g/mol. The van der Waals surface area contributed by atoms with Crippen LogP contribution < -0.4 is 10.1 Å². The molecule has 0 aliphatic carbocycles. The summed E-state index contributed by atoms with van der Waals surface area (Å²) in [6.07, 6.45) is 1.62. The number of thioether (sulfide) groups is 1. The summed E-state index contributed by atoms with van der Waals surface area (Å²) >= 11 is 1.33. The van der Waals surface area contributed by atoms with Crippen molar-refractivity contribution in [3.63, 3.8) is 0 Å². The number of amides is 1. The molecule has 4 aromatic rings. The van der Waals surface area contributed by atoms with Crippen molar-refractivity contribution in [3.8, 4) is 11.4 Å². The molecule has 9 heteroatoms. The van der Waals surface area contributed by atoms with Crippen LogP contribution in [0.4, 0.5) is 0 Å². The number of rotatable bonds is 9. The minimum absolute atomic E-state index is 0.0795. The predicted molar refractivity (Wildman–Crippen MR) is 128 cm³/mol. The molecule has 170 valence electrons. The van der Waals surface area contributed by atoms with E-state index in [4.69, 9.17) is 4.74 Å². The van der Waals surface area contributed by atoms with Crippen LogP contribution in [0.3, 0.4) is 0 Å². The lowest BCUT2D eigenvalue weighted by Gasteiger charge is -2.11. The lowest BCUT2D eigenvalue weighted by molar-refractivity contribution is -0.118. The van der Waals surface area contributed by atoms with Crippen molar-refractivity contribution < 1.29 is 9.53 Å². The van der Waals surface area contributed by atoms with E-state index in [2.05, 4.69) is 32.7 Å². The second-order valence-corrected chi connectivity index (χ2v) is 8.46. The molecule has 2 aromatic carbocycles. The molecule has 0 radical (unpaired) electrons. The van der Waals surface area contributed by atoms with E-state index < -0.39 is 0 Å². The fourth-order valence-corrected chi connectivity index (χ4v) is 4.34. The maximum atomic E-state index is 12.6. The van der Waals surface area contributed by atoms with Crippen molar-refractivity contribution in [2.75, 3.05) is 12.9 Å². The molecule has 0 unspecified atom stereocenters. The van der Waals surface area contributed by atoms with Gasteiger partial charge in [0.1, 0.15) is 12.1 Å². The molecule has 0 fully saturated rings. The molecule has 0 bridgehead atoms. The van der Waals surface area contributed by atoms with Gasteiger partial charge in [0.2, 0.25) is 5.91 Å². The highest BCUT2D eigenvalue weighted by molar-refractivity contribution is 7.99. The van der Waals surface area contributed by atoms with Crippen LogP contribution in [-0.4, -0.2) is 43.3 Å². The monoisotopic (exact) mass is 462 g/mol. The zero-order valence-corrected chi connectivity index (χ0v) is 19.7. The van der Waals surface area contributed by atoms with Gasteiger partial charge in [0.15, 0.2) is 5.16 Å².